The molecule has 2 N–H and O–H groups in total. The molecule has 6 nitrogen and oxygen atoms in total. The Morgan fingerprint density at radius 1 is 0.960 bits per heavy atom. The maximum absolute atomic E-state index is 11.8. The number of aryl methyl sites for hydroxylation is 1. The molecule has 0 aromatic heterocycles. The van der Waals surface area contributed by atoms with Crippen molar-refractivity contribution in [2.45, 2.75) is 13.8 Å². The molecular formula is C19H22N2O4. The van der Waals surface area contributed by atoms with Crippen molar-refractivity contribution < 1.29 is 19.1 Å². The van der Waals surface area contributed by atoms with Gasteiger partial charge in [-0.1, -0.05) is 12.1 Å². The van der Waals surface area contributed by atoms with Gasteiger partial charge in [-0.25, -0.2) is 0 Å². The van der Waals surface area contributed by atoms with Crippen molar-refractivity contribution in [3.63, 3.8) is 0 Å². The third-order valence-electron chi connectivity index (χ3n) is 3.28. The first-order valence-corrected chi connectivity index (χ1v) is 8.10. The van der Waals surface area contributed by atoms with Gasteiger partial charge >= 0.3 is 11.8 Å². The Bertz CT molecular complexity index is 714. The van der Waals surface area contributed by atoms with Gasteiger partial charge in [0, 0.05) is 5.69 Å². The van der Waals surface area contributed by atoms with E-state index < -0.39 is 11.8 Å². The molecule has 2 aromatic rings. The zero-order chi connectivity index (χ0) is 18.1. The average molecular weight is 342 g/mol. The quantitative estimate of drug-likeness (QED) is 0.599. The van der Waals surface area contributed by atoms with Gasteiger partial charge in [0.1, 0.15) is 18.1 Å². The topological polar surface area (TPSA) is 76.7 Å². The van der Waals surface area contributed by atoms with Crippen molar-refractivity contribution in [2.24, 2.45) is 0 Å². The lowest BCUT2D eigenvalue weighted by Crippen LogP contribution is -2.37. The normalized spacial score (nSPS) is 10.0. The molecule has 0 heterocycles. The molecule has 0 saturated carbocycles. The number of hydrogen-bond donors (Lipinski definition) is 2. The number of carbonyl (C=O) groups is 2. The van der Waals surface area contributed by atoms with Crippen molar-refractivity contribution in [3.8, 4) is 11.5 Å². The first kappa shape index (κ1) is 18.3. The first-order valence-electron chi connectivity index (χ1n) is 8.10. The van der Waals surface area contributed by atoms with Crippen molar-refractivity contribution in [3.05, 3.63) is 54.1 Å². The van der Waals surface area contributed by atoms with Gasteiger partial charge in [0.15, 0.2) is 0 Å². The third kappa shape index (κ3) is 6.18. The second-order valence-electron chi connectivity index (χ2n) is 5.33. The fourth-order valence-electron chi connectivity index (χ4n) is 2.11. The van der Waals surface area contributed by atoms with Gasteiger partial charge in [-0.05, 0) is 55.8 Å². The van der Waals surface area contributed by atoms with E-state index in [0.29, 0.717) is 18.0 Å². The Morgan fingerprint density at radius 2 is 1.72 bits per heavy atom. The highest BCUT2D eigenvalue weighted by molar-refractivity contribution is 6.39. The standard InChI is InChI=1S/C19H22N2O4/c1-3-24-16-9-7-15(8-10-16)21-19(23)18(22)20-11-12-25-17-6-4-5-14(2)13-17/h4-10,13H,3,11-12H2,1-2H3,(H,20,22)(H,21,23). The van der Waals surface area contributed by atoms with Crippen LogP contribution in [0.25, 0.3) is 0 Å². The molecule has 2 aromatic carbocycles. The summed E-state index contributed by atoms with van der Waals surface area (Å²) in [4.78, 5) is 23.6. The van der Waals surface area contributed by atoms with Crippen LogP contribution >= 0.6 is 0 Å². The van der Waals surface area contributed by atoms with Gasteiger partial charge < -0.3 is 20.1 Å². The zero-order valence-electron chi connectivity index (χ0n) is 14.4. The highest BCUT2D eigenvalue weighted by Crippen LogP contribution is 2.15. The van der Waals surface area contributed by atoms with Crippen molar-refractivity contribution in [1.82, 2.24) is 5.32 Å². The monoisotopic (exact) mass is 342 g/mol. The molecular weight excluding hydrogens is 320 g/mol. The molecule has 2 rings (SSSR count). The molecule has 6 heteroatoms. The number of anilines is 1. The van der Waals surface area contributed by atoms with Crippen LogP contribution in [0.2, 0.25) is 0 Å². The molecule has 0 aliphatic rings. The van der Waals surface area contributed by atoms with E-state index in [1.54, 1.807) is 24.3 Å². The minimum absolute atomic E-state index is 0.240. The van der Waals surface area contributed by atoms with Crippen molar-refractivity contribution in [2.75, 3.05) is 25.1 Å². The number of carbonyl (C=O) groups excluding carboxylic acids is 2. The van der Waals surface area contributed by atoms with E-state index >= 15 is 0 Å². The average Bonchev–Trinajstić information content (AvgIpc) is 2.60. The lowest BCUT2D eigenvalue weighted by Gasteiger charge is -2.09. The molecule has 0 saturated heterocycles. The molecule has 0 radical (unpaired) electrons. The lowest BCUT2D eigenvalue weighted by atomic mass is 10.2. The van der Waals surface area contributed by atoms with Gasteiger partial charge in [0.05, 0.1) is 13.2 Å². The van der Waals surface area contributed by atoms with Crippen molar-refractivity contribution >= 4 is 17.5 Å². The molecule has 0 bridgehead atoms. The van der Waals surface area contributed by atoms with E-state index in [9.17, 15) is 9.59 Å². The molecule has 0 aliphatic heterocycles. The fourth-order valence-corrected chi connectivity index (χ4v) is 2.11. The van der Waals surface area contributed by atoms with E-state index in [-0.39, 0.29) is 13.2 Å². The zero-order valence-corrected chi connectivity index (χ0v) is 14.4. The summed E-state index contributed by atoms with van der Waals surface area (Å²) in [5.41, 5.74) is 1.62. The molecule has 132 valence electrons. The lowest BCUT2D eigenvalue weighted by molar-refractivity contribution is -0.136. The molecule has 25 heavy (non-hydrogen) atoms. The van der Waals surface area contributed by atoms with Crippen molar-refractivity contribution in [1.29, 1.82) is 0 Å². The van der Waals surface area contributed by atoms with Crippen LogP contribution in [0.15, 0.2) is 48.5 Å². The van der Waals surface area contributed by atoms with Crippen LogP contribution in [-0.4, -0.2) is 31.6 Å². The molecule has 0 aliphatic carbocycles. The van der Waals surface area contributed by atoms with Crippen LogP contribution < -0.4 is 20.1 Å². The van der Waals surface area contributed by atoms with E-state index in [0.717, 1.165) is 11.3 Å². The Labute approximate surface area is 147 Å². The van der Waals surface area contributed by atoms with Crippen LogP contribution in [-0.2, 0) is 9.59 Å². The summed E-state index contributed by atoms with van der Waals surface area (Å²) in [6, 6.07) is 14.4. The Hall–Kier alpha value is -3.02. The van der Waals surface area contributed by atoms with Gasteiger partial charge in [-0.15, -0.1) is 0 Å². The van der Waals surface area contributed by atoms with E-state index in [1.807, 2.05) is 38.1 Å². The van der Waals surface area contributed by atoms with Gasteiger partial charge in [0.2, 0.25) is 0 Å². The van der Waals surface area contributed by atoms with E-state index in [2.05, 4.69) is 10.6 Å². The fraction of sp³-hybridized carbons (Fsp3) is 0.263. The minimum atomic E-state index is -0.722. The van der Waals surface area contributed by atoms with Gasteiger partial charge in [-0.2, -0.15) is 0 Å². The Balaban J connectivity index is 1.71. The Morgan fingerprint density at radius 3 is 2.40 bits per heavy atom. The van der Waals surface area contributed by atoms with Crippen LogP contribution in [0.3, 0.4) is 0 Å². The highest BCUT2D eigenvalue weighted by atomic mass is 16.5. The predicted molar refractivity (Wildman–Crippen MR) is 95.9 cm³/mol. The Kier molecular flexibility index (Phi) is 6.83. The summed E-state index contributed by atoms with van der Waals surface area (Å²) in [6.07, 6.45) is 0. The molecule has 0 atom stereocenters. The number of hydrogen-bond acceptors (Lipinski definition) is 4. The minimum Gasteiger partial charge on any atom is -0.494 e. The first-order chi connectivity index (χ1) is 12.1. The van der Waals surface area contributed by atoms with Crippen LogP contribution in [0.4, 0.5) is 5.69 Å². The van der Waals surface area contributed by atoms with Gasteiger partial charge in [0.25, 0.3) is 0 Å². The predicted octanol–water partition coefficient (Wildman–Crippen LogP) is 2.53. The number of rotatable bonds is 7. The van der Waals surface area contributed by atoms with Gasteiger partial charge in [-0.3, -0.25) is 9.59 Å². The molecule has 2 amide bonds. The number of benzene rings is 2. The molecule has 0 unspecified atom stereocenters. The molecule has 0 fully saturated rings. The van der Waals surface area contributed by atoms with Crippen LogP contribution in [0, 0.1) is 6.92 Å². The number of ether oxygens (including phenoxy) is 2. The molecule has 0 spiro atoms. The summed E-state index contributed by atoms with van der Waals surface area (Å²) in [5.74, 6) is 0.00720. The summed E-state index contributed by atoms with van der Waals surface area (Å²) in [7, 11) is 0. The number of amides is 2. The summed E-state index contributed by atoms with van der Waals surface area (Å²) in [5, 5.41) is 5.05. The summed E-state index contributed by atoms with van der Waals surface area (Å²) in [6.45, 7) is 4.95. The van der Waals surface area contributed by atoms with E-state index in [1.165, 1.54) is 0 Å². The smallest absolute Gasteiger partial charge is 0.313 e. The highest BCUT2D eigenvalue weighted by Gasteiger charge is 2.13. The van der Waals surface area contributed by atoms with Crippen LogP contribution in [0.5, 0.6) is 11.5 Å². The van der Waals surface area contributed by atoms with Crippen LogP contribution in [0.1, 0.15) is 12.5 Å². The summed E-state index contributed by atoms with van der Waals surface area (Å²) < 4.78 is 10.8. The largest absolute Gasteiger partial charge is 0.494 e. The second-order valence-corrected chi connectivity index (χ2v) is 5.33. The maximum atomic E-state index is 11.8. The third-order valence-corrected chi connectivity index (χ3v) is 3.28. The van der Waals surface area contributed by atoms with E-state index in [4.69, 9.17) is 9.47 Å². The summed E-state index contributed by atoms with van der Waals surface area (Å²) >= 11 is 0. The maximum Gasteiger partial charge on any atom is 0.313 e. The second kappa shape index (κ2) is 9.32. The number of nitrogens with one attached hydrogen (secondary N) is 2. The SMILES string of the molecule is CCOc1ccc(NC(=O)C(=O)NCCOc2cccc(C)c2)cc1.